The molecule has 1 N–H and O–H groups in total. The molecule has 4 saturated carbocycles. The van der Waals surface area contributed by atoms with E-state index in [1.165, 1.54) is 50.3 Å². The van der Waals surface area contributed by atoms with Gasteiger partial charge in [0.25, 0.3) is 5.91 Å². The zero-order valence-electron chi connectivity index (χ0n) is 16.7. The van der Waals surface area contributed by atoms with Crippen LogP contribution >= 0.6 is 11.8 Å². The topological polar surface area (TPSA) is 81.2 Å². The fourth-order valence-corrected chi connectivity index (χ4v) is 6.66. The molecule has 0 radical (unpaired) electrons. The Morgan fingerprint density at radius 3 is 2.25 bits per heavy atom. The lowest BCUT2D eigenvalue weighted by atomic mass is 9.49. The number of ether oxygens (including phenoxy) is 1. The zero-order chi connectivity index (χ0) is 19.7. The fraction of sp³-hybridized carbons (Fsp3) is 0.714. The standard InChI is InChI=1S/C21H29N3O3S/c1-13-3-14(2)24-20(23-13)28-11-19(26)27-10-18(25)22-12-21-7-15-4-16(8-21)6-17(5-15)9-21/h3,15-17H,4-12H2,1-2H3,(H,22,25). The number of carbonyl (C=O) groups is 2. The van der Waals surface area contributed by atoms with E-state index in [2.05, 4.69) is 15.3 Å². The number of nitrogens with zero attached hydrogens (tertiary/aromatic N) is 2. The minimum atomic E-state index is -0.419. The van der Waals surface area contributed by atoms with Gasteiger partial charge in [-0.15, -0.1) is 0 Å². The molecule has 28 heavy (non-hydrogen) atoms. The summed E-state index contributed by atoms with van der Waals surface area (Å²) < 4.78 is 5.13. The number of hydrogen-bond donors (Lipinski definition) is 1. The Labute approximate surface area is 170 Å². The van der Waals surface area contributed by atoms with Gasteiger partial charge in [-0.05, 0) is 81.6 Å². The number of carbonyl (C=O) groups excluding carboxylic acids is 2. The van der Waals surface area contributed by atoms with Crippen LogP contribution in [0.2, 0.25) is 0 Å². The van der Waals surface area contributed by atoms with E-state index in [0.29, 0.717) is 10.6 Å². The predicted octanol–water partition coefficient (Wildman–Crippen LogP) is 3.06. The minimum Gasteiger partial charge on any atom is -0.455 e. The number of rotatable bonds is 7. The molecule has 0 saturated heterocycles. The lowest BCUT2D eigenvalue weighted by Crippen LogP contribution is -2.51. The van der Waals surface area contributed by atoms with Gasteiger partial charge in [-0.1, -0.05) is 11.8 Å². The third kappa shape index (κ3) is 4.67. The first kappa shape index (κ1) is 19.7. The lowest BCUT2D eigenvalue weighted by molar-refractivity contribution is -0.146. The molecule has 4 fully saturated rings. The summed E-state index contributed by atoms with van der Waals surface area (Å²) in [6.07, 6.45) is 7.95. The van der Waals surface area contributed by atoms with Crippen LogP contribution in [0.5, 0.6) is 0 Å². The summed E-state index contributed by atoms with van der Waals surface area (Å²) in [5.74, 6) is 2.08. The first-order chi connectivity index (χ1) is 13.4. The average molecular weight is 404 g/mol. The number of esters is 1. The van der Waals surface area contributed by atoms with E-state index in [1.807, 2.05) is 19.9 Å². The second-order valence-electron chi connectivity index (χ2n) is 9.08. The molecule has 4 aliphatic carbocycles. The van der Waals surface area contributed by atoms with Crippen LogP contribution < -0.4 is 5.32 Å². The molecule has 5 rings (SSSR count). The van der Waals surface area contributed by atoms with E-state index in [4.69, 9.17) is 4.74 Å². The molecule has 0 spiro atoms. The van der Waals surface area contributed by atoms with Gasteiger partial charge < -0.3 is 10.1 Å². The van der Waals surface area contributed by atoms with Crippen molar-refractivity contribution < 1.29 is 14.3 Å². The highest BCUT2D eigenvalue weighted by atomic mass is 32.2. The monoisotopic (exact) mass is 403 g/mol. The Kier molecular flexibility index (Phi) is 5.63. The van der Waals surface area contributed by atoms with Crippen molar-refractivity contribution in [3.05, 3.63) is 17.5 Å². The molecule has 0 unspecified atom stereocenters. The molecule has 0 aliphatic heterocycles. The number of nitrogens with one attached hydrogen (secondary N) is 1. The molecule has 6 nitrogen and oxygen atoms in total. The Balaban J connectivity index is 1.18. The molecule has 1 aromatic heterocycles. The van der Waals surface area contributed by atoms with E-state index in [0.717, 1.165) is 35.7 Å². The van der Waals surface area contributed by atoms with Gasteiger partial charge in [0.2, 0.25) is 0 Å². The molecule has 4 bridgehead atoms. The molecular weight excluding hydrogens is 374 g/mol. The van der Waals surface area contributed by atoms with Gasteiger partial charge in [-0.3, -0.25) is 9.59 Å². The van der Waals surface area contributed by atoms with Gasteiger partial charge in [-0.25, -0.2) is 9.97 Å². The van der Waals surface area contributed by atoms with Crippen molar-refractivity contribution in [1.29, 1.82) is 0 Å². The normalized spacial score (nSPS) is 30.3. The van der Waals surface area contributed by atoms with Crippen molar-refractivity contribution in [3.8, 4) is 0 Å². The van der Waals surface area contributed by atoms with Gasteiger partial charge in [0.05, 0.1) is 5.75 Å². The van der Waals surface area contributed by atoms with Crippen LogP contribution in [0.25, 0.3) is 0 Å². The number of amides is 1. The van der Waals surface area contributed by atoms with E-state index >= 15 is 0 Å². The summed E-state index contributed by atoms with van der Waals surface area (Å²) in [6, 6.07) is 1.89. The molecule has 4 aliphatic rings. The van der Waals surface area contributed by atoms with Crippen molar-refractivity contribution in [2.75, 3.05) is 18.9 Å². The molecule has 7 heteroatoms. The van der Waals surface area contributed by atoms with Crippen LogP contribution in [-0.4, -0.2) is 40.7 Å². The summed E-state index contributed by atoms with van der Waals surface area (Å²) in [5, 5.41) is 3.59. The van der Waals surface area contributed by atoms with Crippen molar-refractivity contribution in [1.82, 2.24) is 15.3 Å². The Hall–Kier alpha value is -1.63. The molecule has 1 amide bonds. The predicted molar refractivity (Wildman–Crippen MR) is 107 cm³/mol. The second kappa shape index (κ2) is 8.01. The van der Waals surface area contributed by atoms with Crippen molar-refractivity contribution in [3.63, 3.8) is 0 Å². The Morgan fingerprint density at radius 1 is 1.11 bits per heavy atom. The minimum absolute atomic E-state index is 0.102. The third-order valence-electron chi connectivity index (χ3n) is 6.47. The quantitative estimate of drug-likeness (QED) is 0.428. The highest BCUT2D eigenvalue weighted by Crippen LogP contribution is 2.59. The maximum Gasteiger partial charge on any atom is 0.316 e. The maximum absolute atomic E-state index is 12.2. The van der Waals surface area contributed by atoms with Crippen LogP contribution in [-0.2, 0) is 14.3 Å². The fourth-order valence-electron chi connectivity index (χ4n) is 5.91. The van der Waals surface area contributed by atoms with E-state index in [9.17, 15) is 9.59 Å². The zero-order valence-corrected chi connectivity index (χ0v) is 17.5. The largest absolute Gasteiger partial charge is 0.455 e. The van der Waals surface area contributed by atoms with Gasteiger partial charge in [0.1, 0.15) is 0 Å². The molecular formula is C21H29N3O3S. The van der Waals surface area contributed by atoms with Crippen molar-refractivity contribution in [2.45, 2.75) is 57.5 Å². The van der Waals surface area contributed by atoms with E-state index in [1.54, 1.807) is 0 Å². The maximum atomic E-state index is 12.2. The first-order valence-corrected chi connectivity index (χ1v) is 11.3. The summed E-state index contributed by atoms with van der Waals surface area (Å²) in [7, 11) is 0. The average Bonchev–Trinajstić information content (AvgIpc) is 2.61. The molecule has 152 valence electrons. The van der Waals surface area contributed by atoms with Gasteiger partial charge >= 0.3 is 5.97 Å². The Bertz CT molecular complexity index is 712. The molecule has 0 atom stereocenters. The van der Waals surface area contributed by atoms with Crippen LogP contribution in [0.15, 0.2) is 11.2 Å². The molecule has 1 aromatic rings. The Morgan fingerprint density at radius 2 is 1.68 bits per heavy atom. The SMILES string of the molecule is Cc1cc(C)nc(SCC(=O)OCC(=O)NCC23CC4CC(CC(C4)C2)C3)n1. The van der Waals surface area contributed by atoms with Crippen LogP contribution in [0.4, 0.5) is 0 Å². The van der Waals surface area contributed by atoms with E-state index < -0.39 is 5.97 Å². The molecule has 0 aromatic carbocycles. The summed E-state index contributed by atoms with van der Waals surface area (Å²) >= 11 is 1.23. The van der Waals surface area contributed by atoms with Gasteiger partial charge in [-0.2, -0.15) is 0 Å². The van der Waals surface area contributed by atoms with Crippen LogP contribution in [0.1, 0.15) is 49.9 Å². The summed E-state index contributed by atoms with van der Waals surface area (Å²) in [4.78, 5) is 32.7. The second-order valence-corrected chi connectivity index (χ2v) is 10.0. The van der Waals surface area contributed by atoms with Crippen molar-refractivity contribution in [2.24, 2.45) is 23.2 Å². The van der Waals surface area contributed by atoms with Gasteiger partial charge in [0.15, 0.2) is 11.8 Å². The molecule has 1 heterocycles. The lowest BCUT2D eigenvalue weighted by Gasteiger charge is -2.56. The smallest absolute Gasteiger partial charge is 0.316 e. The highest BCUT2D eigenvalue weighted by Gasteiger charge is 2.50. The highest BCUT2D eigenvalue weighted by molar-refractivity contribution is 7.99. The number of thioether (sulfide) groups is 1. The number of hydrogen-bond acceptors (Lipinski definition) is 6. The first-order valence-electron chi connectivity index (χ1n) is 10.3. The van der Waals surface area contributed by atoms with Gasteiger partial charge in [0, 0.05) is 17.9 Å². The van der Waals surface area contributed by atoms with Crippen LogP contribution in [0, 0.1) is 37.0 Å². The third-order valence-corrected chi connectivity index (χ3v) is 7.29. The number of aryl methyl sites for hydroxylation is 2. The summed E-state index contributed by atoms with van der Waals surface area (Å²) in [5.41, 5.74) is 2.03. The summed E-state index contributed by atoms with van der Waals surface area (Å²) in [6.45, 7) is 4.31. The van der Waals surface area contributed by atoms with E-state index in [-0.39, 0.29) is 18.3 Å². The van der Waals surface area contributed by atoms with Crippen LogP contribution in [0.3, 0.4) is 0 Å². The number of aromatic nitrogens is 2. The van der Waals surface area contributed by atoms with Crippen molar-refractivity contribution >= 4 is 23.6 Å².